The molecule has 4 N–H and O–H groups in total. The number of rotatable bonds is 48. The van der Waals surface area contributed by atoms with Gasteiger partial charge in [0.25, 0.3) is 0 Å². The molecule has 0 aliphatic rings. The first-order valence-electron chi connectivity index (χ1n) is 29.2. The van der Waals surface area contributed by atoms with E-state index in [4.69, 9.17) is 18.9 Å². The molecule has 0 aromatic heterocycles. The minimum atomic E-state index is -1.17. The van der Waals surface area contributed by atoms with Gasteiger partial charge in [-0.2, -0.15) is 11.8 Å². The zero-order valence-corrected chi connectivity index (χ0v) is 49.1. The number of carbonyl (C=O) groups is 8. The van der Waals surface area contributed by atoms with Crippen molar-refractivity contribution in [3.05, 3.63) is 0 Å². The fourth-order valence-corrected chi connectivity index (χ4v) is 8.96. The molecule has 0 aliphatic heterocycles. The molecule has 0 bridgehead atoms. The summed E-state index contributed by atoms with van der Waals surface area (Å²) in [4.78, 5) is 101. The second-order valence-corrected chi connectivity index (χ2v) is 23.2. The Hall–Kier alpha value is -3.89. The first-order valence-corrected chi connectivity index (χ1v) is 30.4. The Labute approximate surface area is 458 Å². The van der Waals surface area contributed by atoms with Crippen LogP contribution in [0.25, 0.3) is 0 Å². The van der Waals surface area contributed by atoms with Gasteiger partial charge in [-0.05, 0) is 73.0 Å². The number of thioether (sulfide) groups is 1. The third-order valence-electron chi connectivity index (χ3n) is 12.1. The molecule has 0 aromatic carbocycles. The lowest BCUT2D eigenvalue weighted by molar-refractivity contribution is -0.160. The van der Waals surface area contributed by atoms with Crippen LogP contribution in [0.2, 0.25) is 0 Å². The van der Waals surface area contributed by atoms with Crippen molar-refractivity contribution in [3.63, 3.8) is 0 Å². The van der Waals surface area contributed by atoms with Crippen LogP contribution in [0.3, 0.4) is 0 Å². The number of nitrogens with one attached hydrogen (secondary N) is 4. The number of unbranched alkanes of at least 4 members (excludes halogenated alkanes) is 24. The number of hydrogen-bond acceptors (Lipinski definition) is 13. The van der Waals surface area contributed by atoms with Gasteiger partial charge in [-0.3, -0.25) is 33.6 Å². The largest absolute Gasteiger partial charge is 0.462 e. The van der Waals surface area contributed by atoms with E-state index >= 15 is 0 Å². The predicted octanol–water partition coefficient (Wildman–Crippen LogP) is 11.2. The number of ether oxygens (including phenoxy) is 4. The maximum absolute atomic E-state index is 12.9. The van der Waals surface area contributed by atoms with Crippen LogP contribution in [0.5, 0.6) is 0 Å². The van der Waals surface area contributed by atoms with Crippen LogP contribution < -0.4 is 21.3 Å². The third kappa shape index (κ3) is 49.4. The number of amides is 4. The normalized spacial score (nSPS) is 12.3. The molecule has 0 heterocycles. The van der Waals surface area contributed by atoms with Crippen molar-refractivity contribution in [3.8, 4) is 0 Å². The highest BCUT2D eigenvalue weighted by Crippen LogP contribution is 2.18. The molecule has 0 saturated carbocycles. The smallest absolute Gasteiger partial charge is 0.329 e. The van der Waals surface area contributed by atoms with E-state index in [2.05, 4.69) is 35.1 Å². The molecule has 0 aliphatic carbocycles. The quantitative estimate of drug-likeness (QED) is 0.0253. The molecule has 17 heteroatoms. The van der Waals surface area contributed by atoms with Crippen LogP contribution in [0.15, 0.2) is 0 Å². The van der Waals surface area contributed by atoms with E-state index < -0.39 is 66.1 Å². The monoisotopic (exact) mass is 1080 g/mol. The van der Waals surface area contributed by atoms with Gasteiger partial charge < -0.3 is 40.2 Å². The Morgan fingerprint density at radius 2 is 0.827 bits per heavy atom. The molecule has 0 aromatic rings. The van der Waals surface area contributed by atoms with Crippen molar-refractivity contribution in [2.45, 2.75) is 284 Å². The lowest BCUT2D eigenvalue weighted by Gasteiger charge is -2.25. The molecular weight excluding hydrogens is 977 g/mol. The Morgan fingerprint density at radius 3 is 1.27 bits per heavy atom. The molecular formula is C58H106N4O12S. The Bertz CT molecular complexity index is 1570. The van der Waals surface area contributed by atoms with Crippen LogP contribution in [0, 0.1) is 0 Å². The van der Waals surface area contributed by atoms with Gasteiger partial charge in [0.2, 0.25) is 23.6 Å². The van der Waals surface area contributed by atoms with Crippen LogP contribution >= 0.6 is 11.8 Å². The molecule has 0 radical (unpaired) electrons. The van der Waals surface area contributed by atoms with Crippen molar-refractivity contribution in [2.75, 3.05) is 37.7 Å². The number of hydrogen-bond donors (Lipinski definition) is 4. The van der Waals surface area contributed by atoms with Crippen LogP contribution in [0.1, 0.15) is 261 Å². The predicted molar refractivity (Wildman–Crippen MR) is 300 cm³/mol. The summed E-state index contributed by atoms with van der Waals surface area (Å²) in [7, 11) is 0. The van der Waals surface area contributed by atoms with Gasteiger partial charge in [0, 0.05) is 31.4 Å². The van der Waals surface area contributed by atoms with Crippen molar-refractivity contribution in [1.82, 2.24) is 21.3 Å². The van der Waals surface area contributed by atoms with Gasteiger partial charge in [0.15, 0.2) is 0 Å². The second-order valence-electron chi connectivity index (χ2n) is 22.1. The minimum Gasteiger partial charge on any atom is -0.462 e. The molecule has 0 fully saturated rings. The summed E-state index contributed by atoms with van der Waals surface area (Å²) in [6.45, 7) is 13.3. The highest BCUT2D eigenvalue weighted by atomic mass is 32.2. The number of carbonyl (C=O) groups excluding carboxylic acids is 8. The van der Waals surface area contributed by atoms with E-state index in [9.17, 15) is 38.4 Å². The van der Waals surface area contributed by atoms with Gasteiger partial charge in [-0.25, -0.2) is 4.79 Å². The minimum absolute atomic E-state index is 0.0125. The van der Waals surface area contributed by atoms with Gasteiger partial charge in [-0.1, -0.05) is 168 Å². The molecule has 75 heavy (non-hydrogen) atoms. The van der Waals surface area contributed by atoms with E-state index in [0.717, 1.165) is 38.5 Å². The zero-order valence-electron chi connectivity index (χ0n) is 48.3. The van der Waals surface area contributed by atoms with E-state index in [-0.39, 0.29) is 50.3 Å². The summed E-state index contributed by atoms with van der Waals surface area (Å²) < 4.78 is 22.1. The molecule has 2 atom stereocenters. The number of esters is 4. The standard InChI is InChI=1S/C58H106N4O12S/c1-9-11-13-15-17-19-21-23-25-27-29-31-33-37-53(67)71-45-47(72-54(68)38-34-32-30-28-26-24-22-20-18-16-14-12-10-2)46-75-41-35-36-49(63)59-42-50(64)60-43-51(65)61-44-52(66)62-48(56(70)74-58(6,7)8)39-40-55(69)73-57(3,4)5/h47-48H,9-46H2,1-8H3,(H,59,63)(H,60,64)(H,61,65)(H,62,66)/t47?,48-/m0/s1. The highest BCUT2D eigenvalue weighted by molar-refractivity contribution is 7.99. The van der Waals surface area contributed by atoms with Gasteiger partial charge >= 0.3 is 23.9 Å². The Balaban J connectivity index is 4.73. The molecule has 4 amide bonds. The maximum Gasteiger partial charge on any atom is 0.329 e. The lowest BCUT2D eigenvalue weighted by Crippen LogP contribution is -2.49. The van der Waals surface area contributed by atoms with Crippen LogP contribution in [-0.2, 0) is 57.3 Å². The lowest BCUT2D eigenvalue weighted by atomic mass is 10.0. The Kier molecular flexibility index (Phi) is 43.8. The SMILES string of the molecule is CCCCCCCCCCCCCCCC(=O)OCC(CSCCCC(=O)NCC(=O)NCC(=O)NCC(=O)N[C@@H](CCC(=O)OC(C)(C)C)C(=O)OC(C)(C)C)OC(=O)CCCCCCCCCCCCCCC. The first-order chi connectivity index (χ1) is 35.7. The third-order valence-corrected chi connectivity index (χ3v) is 13.3. The zero-order chi connectivity index (χ0) is 56.0. The summed E-state index contributed by atoms with van der Waals surface area (Å²) in [6.07, 6.45) is 32.1. The van der Waals surface area contributed by atoms with Crippen molar-refractivity contribution in [1.29, 1.82) is 0 Å². The highest BCUT2D eigenvalue weighted by Gasteiger charge is 2.28. The van der Waals surface area contributed by atoms with E-state index in [1.54, 1.807) is 41.5 Å². The van der Waals surface area contributed by atoms with Gasteiger partial charge in [0.1, 0.15) is 30.0 Å². The topological polar surface area (TPSA) is 222 Å². The van der Waals surface area contributed by atoms with Crippen molar-refractivity contribution >= 4 is 59.3 Å². The molecule has 1 unspecified atom stereocenters. The average Bonchev–Trinajstić information content (AvgIpc) is 3.34. The fourth-order valence-electron chi connectivity index (χ4n) is 8.01. The fraction of sp³-hybridized carbons (Fsp3) is 0.862. The first kappa shape index (κ1) is 71.1. The van der Waals surface area contributed by atoms with E-state index in [1.165, 1.54) is 140 Å². The summed E-state index contributed by atoms with van der Waals surface area (Å²) in [5, 5.41) is 9.77. The van der Waals surface area contributed by atoms with Gasteiger partial charge in [-0.15, -0.1) is 0 Å². The van der Waals surface area contributed by atoms with Gasteiger partial charge in [0.05, 0.1) is 19.6 Å². The second kappa shape index (κ2) is 46.2. The summed E-state index contributed by atoms with van der Waals surface area (Å²) in [5.41, 5.74) is -1.58. The molecule has 0 spiro atoms. The maximum atomic E-state index is 12.9. The van der Waals surface area contributed by atoms with Crippen molar-refractivity contribution < 1.29 is 57.3 Å². The van der Waals surface area contributed by atoms with Crippen molar-refractivity contribution in [2.24, 2.45) is 0 Å². The van der Waals surface area contributed by atoms with E-state index in [1.807, 2.05) is 0 Å². The summed E-state index contributed by atoms with van der Waals surface area (Å²) >= 11 is 1.49. The Morgan fingerprint density at radius 1 is 0.427 bits per heavy atom. The van der Waals surface area contributed by atoms with Crippen LogP contribution in [0.4, 0.5) is 0 Å². The summed E-state index contributed by atoms with van der Waals surface area (Å²) in [6, 6.07) is -1.17. The van der Waals surface area contributed by atoms with Crippen LogP contribution in [-0.4, -0.2) is 109 Å². The molecule has 16 nitrogen and oxygen atoms in total. The summed E-state index contributed by atoms with van der Waals surface area (Å²) in [5.74, 6) is -3.28. The van der Waals surface area contributed by atoms with E-state index in [0.29, 0.717) is 30.8 Å². The molecule has 0 saturated heterocycles. The molecule has 0 rings (SSSR count). The molecule has 436 valence electrons. The average molecular weight is 1080 g/mol.